The predicted molar refractivity (Wildman–Crippen MR) is 147 cm³/mol. The van der Waals surface area contributed by atoms with Gasteiger partial charge < -0.3 is 31.3 Å². The molecule has 0 saturated heterocycles. The van der Waals surface area contributed by atoms with Crippen molar-refractivity contribution in [1.29, 1.82) is 0 Å². The summed E-state index contributed by atoms with van der Waals surface area (Å²) in [6.07, 6.45) is -0.0901. The van der Waals surface area contributed by atoms with Crippen LogP contribution in [0.3, 0.4) is 0 Å². The lowest BCUT2D eigenvalue weighted by molar-refractivity contribution is -0.161. The van der Waals surface area contributed by atoms with Gasteiger partial charge in [-0.15, -0.1) is 0 Å². The van der Waals surface area contributed by atoms with E-state index in [1.54, 1.807) is 6.92 Å². The van der Waals surface area contributed by atoms with Gasteiger partial charge >= 0.3 is 20.7 Å². The Morgan fingerprint density at radius 3 is 1.71 bits per heavy atom. The highest BCUT2D eigenvalue weighted by atomic mass is 28.5. The molecule has 0 bridgehead atoms. The lowest BCUT2D eigenvalue weighted by Gasteiger charge is -2.42. The number of ether oxygens (including phenoxy) is 4. The largest absolute Gasteiger partial charge is 0.469 e. The summed E-state index contributed by atoms with van der Waals surface area (Å²) >= 11 is 0. The molecule has 0 N–H and O–H groups in total. The quantitative estimate of drug-likeness (QED) is 0.102. The van der Waals surface area contributed by atoms with Crippen LogP contribution < -0.4 is 0 Å². The van der Waals surface area contributed by atoms with Crippen LogP contribution in [0.25, 0.3) is 0 Å². The van der Waals surface area contributed by atoms with E-state index in [0.717, 1.165) is 0 Å². The van der Waals surface area contributed by atoms with Gasteiger partial charge in [0.2, 0.25) is 0 Å². The average molecular weight is 569 g/mol. The molecular formula is C22H48O9Si4. The van der Waals surface area contributed by atoms with Crippen molar-refractivity contribution in [3.8, 4) is 0 Å². The molecule has 206 valence electrons. The Kier molecular flexibility index (Phi) is 14.6. The van der Waals surface area contributed by atoms with Crippen LogP contribution in [0.4, 0.5) is 0 Å². The van der Waals surface area contributed by atoms with Gasteiger partial charge in [0.1, 0.15) is 13.2 Å². The van der Waals surface area contributed by atoms with Crippen molar-refractivity contribution in [2.45, 2.75) is 84.4 Å². The summed E-state index contributed by atoms with van der Waals surface area (Å²) < 4.78 is 41.0. The molecule has 9 nitrogen and oxygen atoms in total. The third kappa shape index (κ3) is 18.3. The van der Waals surface area contributed by atoms with E-state index >= 15 is 0 Å². The molecule has 0 saturated carbocycles. The van der Waals surface area contributed by atoms with Crippen LogP contribution in [-0.2, 0) is 40.9 Å². The standard InChI is InChI=1S/C22H48O9Si4/c1-19(2)22(24)28-20(17-27-21(23)18-25-3)16-26-14-13-15-35(29-32(4,5)6,30-33(7,8)9)31-34(10,11)12/h20H,1,13-18H2,2-12H3. The van der Waals surface area contributed by atoms with Crippen molar-refractivity contribution in [3.63, 3.8) is 0 Å². The van der Waals surface area contributed by atoms with E-state index < -0.39 is 51.8 Å². The molecule has 0 aromatic carbocycles. The topological polar surface area (TPSA) is 98.8 Å². The highest BCUT2D eigenvalue weighted by Crippen LogP contribution is 2.29. The number of carbonyl (C=O) groups is 2. The second-order valence-corrected chi connectivity index (χ2v) is 28.4. The summed E-state index contributed by atoms with van der Waals surface area (Å²) in [7, 11) is -7.37. The summed E-state index contributed by atoms with van der Waals surface area (Å²) in [6, 6.07) is 0.644. The Hall–Kier alpha value is -0.652. The summed E-state index contributed by atoms with van der Waals surface area (Å²) in [6.45, 7) is 24.7. The van der Waals surface area contributed by atoms with Gasteiger partial charge in [-0.2, -0.15) is 0 Å². The zero-order valence-electron chi connectivity index (χ0n) is 23.7. The van der Waals surface area contributed by atoms with E-state index in [0.29, 0.717) is 19.1 Å². The molecular weight excluding hydrogens is 521 g/mol. The van der Waals surface area contributed by atoms with Crippen LogP contribution in [0.2, 0.25) is 65.0 Å². The molecule has 0 radical (unpaired) electrons. The second kappa shape index (κ2) is 14.9. The van der Waals surface area contributed by atoms with Gasteiger partial charge in [0.05, 0.1) is 6.61 Å². The van der Waals surface area contributed by atoms with E-state index in [1.807, 2.05) is 0 Å². The molecule has 35 heavy (non-hydrogen) atoms. The Bertz CT molecular complexity index is 641. The fourth-order valence-corrected chi connectivity index (χ4v) is 17.6. The zero-order chi connectivity index (χ0) is 27.5. The molecule has 0 aliphatic rings. The number of carbonyl (C=O) groups excluding carboxylic acids is 2. The van der Waals surface area contributed by atoms with E-state index in [1.165, 1.54) is 7.11 Å². The molecule has 1 unspecified atom stereocenters. The van der Waals surface area contributed by atoms with Gasteiger partial charge in [0.15, 0.2) is 31.1 Å². The van der Waals surface area contributed by atoms with E-state index in [4.69, 9.17) is 31.3 Å². The van der Waals surface area contributed by atoms with Crippen LogP contribution in [-0.4, -0.2) is 85.3 Å². The van der Waals surface area contributed by atoms with E-state index in [-0.39, 0.29) is 25.4 Å². The minimum absolute atomic E-state index is 0.0759. The summed E-state index contributed by atoms with van der Waals surface area (Å²) in [5.74, 6) is -1.11. The highest BCUT2D eigenvalue weighted by molar-refractivity contribution is 6.90. The van der Waals surface area contributed by atoms with Crippen LogP contribution in [0.15, 0.2) is 12.2 Å². The van der Waals surface area contributed by atoms with Crippen LogP contribution in [0, 0.1) is 0 Å². The van der Waals surface area contributed by atoms with Crippen LogP contribution >= 0.6 is 0 Å². The molecule has 0 rings (SSSR count). The lowest BCUT2D eigenvalue weighted by Crippen LogP contribution is -2.60. The molecule has 0 heterocycles. The van der Waals surface area contributed by atoms with Crippen molar-refractivity contribution < 1.29 is 40.9 Å². The smallest absolute Gasteiger partial charge is 0.460 e. The lowest BCUT2D eigenvalue weighted by atomic mass is 10.3. The molecule has 1 atom stereocenters. The molecule has 0 aromatic rings. The van der Waals surface area contributed by atoms with Crippen molar-refractivity contribution in [2.75, 3.05) is 33.5 Å². The monoisotopic (exact) mass is 568 g/mol. The fraction of sp³-hybridized carbons (Fsp3) is 0.818. The first-order chi connectivity index (χ1) is 15.8. The summed E-state index contributed by atoms with van der Waals surface area (Å²) in [5, 5.41) is 0. The first-order valence-electron chi connectivity index (χ1n) is 12.0. The number of hydrogen-bond acceptors (Lipinski definition) is 9. The normalized spacial score (nSPS) is 13.9. The number of hydrogen-bond donors (Lipinski definition) is 0. The fourth-order valence-electron chi connectivity index (χ4n) is 2.93. The van der Waals surface area contributed by atoms with Crippen LogP contribution in [0.5, 0.6) is 0 Å². The zero-order valence-corrected chi connectivity index (χ0v) is 27.7. The molecule has 0 aliphatic heterocycles. The maximum atomic E-state index is 12.0. The summed E-state index contributed by atoms with van der Waals surface area (Å²) in [5.41, 5.74) is 0.254. The first-order valence-corrected chi connectivity index (χ1v) is 24.1. The van der Waals surface area contributed by atoms with Crippen molar-refractivity contribution >= 4 is 45.7 Å². The van der Waals surface area contributed by atoms with Gasteiger partial charge in [0.25, 0.3) is 0 Å². The predicted octanol–water partition coefficient (Wildman–Crippen LogP) is 4.56. The molecule has 0 amide bonds. The van der Waals surface area contributed by atoms with E-state index in [9.17, 15) is 9.59 Å². The molecule has 13 heteroatoms. The minimum Gasteiger partial charge on any atom is -0.460 e. The third-order valence-electron chi connectivity index (χ3n) is 3.78. The Balaban J connectivity index is 5.22. The maximum Gasteiger partial charge on any atom is 0.469 e. The van der Waals surface area contributed by atoms with Gasteiger partial charge in [-0.1, -0.05) is 6.58 Å². The SMILES string of the molecule is C=C(C)C(=O)OC(COCCC[Si](O[Si](C)(C)C)(O[Si](C)(C)C)O[Si](C)(C)C)COC(=O)COC. The van der Waals surface area contributed by atoms with Gasteiger partial charge in [0, 0.05) is 25.3 Å². The maximum absolute atomic E-state index is 12.0. The number of esters is 2. The molecule has 0 aliphatic carbocycles. The third-order valence-corrected chi connectivity index (χ3v) is 15.8. The van der Waals surface area contributed by atoms with E-state index in [2.05, 4.69) is 65.5 Å². The first kappa shape index (κ1) is 34.3. The Morgan fingerprint density at radius 2 is 1.31 bits per heavy atom. The minimum atomic E-state index is -2.93. The highest BCUT2D eigenvalue weighted by Gasteiger charge is 2.49. The summed E-state index contributed by atoms with van der Waals surface area (Å²) in [4.78, 5) is 23.6. The van der Waals surface area contributed by atoms with Crippen molar-refractivity contribution in [1.82, 2.24) is 0 Å². The van der Waals surface area contributed by atoms with Crippen molar-refractivity contribution in [3.05, 3.63) is 12.2 Å². The van der Waals surface area contributed by atoms with Gasteiger partial charge in [-0.3, -0.25) is 0 Å². The Labute approximate surface area is 216 Å². The van der Waals surface area contributed by atoms with Crippen molar-refractivity contribution in [2.24, 2.45) is 0 Å². The second-order valence-electron chi connectivity index (χ2n) is 11.4. The number of rotatable bonds is 18. The molecule has 0 spiro atoms. The number of methoxy groups -OCH3 is 1. The van der Waals surface area contributed by atoms with Crippen LogP contribution in [0.1, 0.15) is 13.3 Å². The average Bonchev–Trinajstić information content (AvgIpc) is 2.61. The molecule has 0 fully saturated rings. The van der Waals surface area contributed by atoms with Gasteiger partial charge in [-0.25, -0.2) is 9.59 Å². The Morgan fingerprint density at radius 1 is 0.829 bits per heavy atom. The van der Waals surface area contributed by atoms with Gasteiger partial charge in [-0.05, 0) is 72.3 Å². The molecule has 0 aromatic heterocycles.